The molecule has 2 aromatic carbocycles. The van der Waals surface area contributed by atoms with Crippen LogP contribution in [0.1, 0.15) is 18.5 Å². The van der Waals surface area contributed by atoms with Crippen molar-refractivity contribution in [1.29, 1.82) is 0 Å². The van der Waals surface area contributed by atoms with Crippen molar-refractivity contribution in [3.8, 4) is 17.2 Å². The van der Waals surface area contributed by atoms with Gasteiger partial charge in [0, 0.05) is 9.61 Å². The highest BCUT2D eigenvalue weighted by Gasteiger charge is 2.14. The minimum atomic E-state index is -0.157. The quantitative estimate of drug-likeness (QED) is 0.825. The highest BCUT2D eigenvalue weighted by Crippen LogP contribution is 2.35. The first-order valence-corrected chi connectivity index (χ1v) is 7.05. The van der Waals surface area contributed by atoms with Gasteiger partial charge in [0.15, 0.2) is 0 Å². The number of hydrogen-bond donors (Lipinski definition) is 1. The van der Waals surface area contributed by atoms with E-state index in [4.69, 9.17) is 15.2 Å². The summed E-state index contributed by atoms with van der Waals surface area (Å²) in [6, 6.07) is 13.4. The highest BCUT2D eigenvalue weighted by atomic mass is 127. The number of rotatable bonds is 4. The molecule has 0 spiro atoms. The fourth-order valence-corrected chi connectivity index (χ4v) is 2.23. The highest BCUT2D eigenvalue weighted by molar-refractivity contribution is 14.1. The van der Waals surface area contributed by atoms with Crippen molar-refractivity contribution in [2.75, 3.05) is 7.11 Å². The van der Waals surface area contributed by atoms with E-state index in [2.05, 4.69) is 22.6 Å². The Bertz CT molecular complexity index is 553. The van der Waals surface area contributed by atoms with Gasteiger partial charge in [-0.25, -0.2) is 0 Å². The van der Waals surface area contributed by atoms with Crippen molar-refractivity contribution in [2.45, 2.75) is 13.0 Å². The van der Waals surface area contributed by atoms with Gasteiger partial charge < -0.3 is 15.2 Å². The zero-order valence-electron chi connectivity index (χ0n) is 10.9. The van der Waals surface area contributed by atoms with Crippen LogP contribution >= 0.6 is 22.6 Å². The fourth-order valence-electron chi connectivity index (χ4n) is 1.87. The Morgan fingerprint density at radius 2 is 1.68 bits per heavy atom. The van der Waals surface area contributed by atoms with E-state index in [1.165, 1.54) is 3.57 Å². The number of methoxy groups -OCH3 is 1. The summed E-state index contributed by atoms with van der Waals surface area (Å²) in [7, 11) is 1.63. The molecule has 3 nitrogen and oxygen atoms in total. The first kappa shape index (κ1) is 14.1. The van der Waals surface area contributed by atoms with Gasteiger partial charge >= 0.3 is 0 Å². The molecule has 0 radical (unpaired) electrons. The van der Waals surface area contributed by atoms with Crippen LogP contribution in [0.2, 0.25) is 0 Å². The normalized spacial score (nSPS) is 12.0. The Morgan fingerprint density at radius 3 is 2.26 bits per heavy atom. The number of benzene rings is 2. The summed E-state index contributed by atoms with van der Waals surface area (Å²) in [5, 5.41) is 0. The van der Waals surface area contributed by atoms with Gasteiger partial charge in [-0.3, -0.25) is 0 Å². The van der Waals surface area contributed by atoms with E-state index in [0.29, 0.717) is 0 Å². The Labute approximate surface area is 126 Å². The molecule has 0 fully saturated rings. The van der Waals surface area contributed by atoms with Gasteiger partial charge in [0.05, 0.1) is 12.7 Å². The molecule has 19 heavy (non-hydrogen) atoms. The van der Waals surface area contributed by atoms with E-state index in [1.807, 2.05) is 49.4 Å². The summed E-state index contributed by atoms with van der Waals surface area (Å²) in [4.78, 5) is 0. The van der Waals surface area contributed by atoms with Crippen molar-refractivity contribution in [2.24, 2.45) is 5.73 Å². The van der Waals surface area contributed by atoms with Crippen LogP contribution in [0.5, 0.6) is 17.2 Å². The molecule has 1 atom stereocenters. The van der Waals surface area contributed by atoms with Gasteiger partial charge in [-0.1, -0.05) is 6.07 Å². The van der Waals surface area contributed by atoms with Crippen molar-refractivity contribution < 1.29 is 9.47 Å². The van der Waals surface area contributed by atoms with Crippen LogP contribution in [0.15, 0.2) is 42.5 Å². The lowest BCUT2D eigenvalue weighted by Gasteiger charge is -2.17. The largest absolute Gasteiger partial charge is 0.496 e. The Morgan fingerprint density at radius 1 is 1.05 bits per heavy atom. The monoisotopic (exact) mass is 369 g/mol. The summed E-state index contributed by atoms with van der Waals surface area (Å²) < 4.78 is 12.4. The summed E-state index contributed by atoms with van der Waals surface area (Å²) >= 11 is 2.26. The molecule has 100 valence electrons. The smallest absolute Gasteiger partial charge is 0.135 e. The molecule has 2 N–H and O–H groups in total. The molecule has 2 rings (SSSR count). The predicted molar refractivity (Wildman–Crippen MR) is 84.8 cm³/mol. The topological polar surface area (TPSA) is 44.5 Å². The lowest BCUT2D eigenvalue weighted by atomic mass is 10.1. The predicted octanol–water partition coefficient (Wildman–Crippen LogP) is 4.11. The van der Waals surface area contributed by atoms with Gasteiger partial charge in [-0.05, 0) is 65.9 Å². The zero-order valence-corrected chi connectivity index (χ0v) is 13.0. The van der Waals surface area contributed by atoms with E-state index in [-0.39, 0.29) is 6.04 Å². The van der Waals surface area contributed by atoms with E-state index < -0.39 is 0 Å². The molecule has 4 heteroatoms. The number of nitrogens with two attached hydrogens (primary N) is 1. The van der Waals surface area contributed by atoms with Crippen molar-refractivity contribution in [3.05, 3.63) is 51.6 Å². The van der Waals surface area contributed by atoms with E-state index in [0.717, 1.165) is 22.8 Å². The first-order chi connectivity index (χ1) is 9.11. The van der Waals surface area contributed by atoms with Gasteiger partial charge in [-0.2, -0.15) is 0 Å². The maximum atomic E-state index is 6.01. The second-order valence-electron chi connectivity index (χ2n) is 4.22. The molecule has 0 saturated carbocycles. The average molecular weight is 369 g/mol. The maximum Gasteiger partial charge on any atom is 0.135 e. The minimum absolute atomic E-state index is 0.157. The summed E-state index contributed by atoms with van der Waals surface area (Å²) in [5.74, 6) is 2.27. The molecule has 0 unspecified atom stereocenters. The molecule has 2 aromatic rings. The van der Waals surface area contributed by atoms with Crippen LogP contribution < -0.4 is 15.2 Å². The van der Waals surface area contributed by atoms with Crippen LogP contribution in [-0.4, -0.2) is 7.11 Å². The molecule has 0 saturated heterocycles. The molecule has 0 aromatic heterocycles. The third-order valence-electron chi connectivity index (χ3n) is 2.74. The van der Waals surface area contributed by atoms with Crippen molar-refractivity contribution in [3.63, 3.8) is 0 Å². The minimum Gasteiger partial charge on any atom is -0.496 e. The Kier molecular flexibility index (Phi) is 4.66. The van der Waals surface area contributed by atoms with E-state index >= 15 is 0 Å². The molecule has 0 bridgehead atoms. The second-order valence-corrected chi connectivity index (χ2v) is 5.46. The average Bonchev–Trinajstić information content (AvgIpc) is 2.40. The van der Waals surface area contributed by atoms with E-state index in [1.54, 1.807) is 7.11 Å². The molecule has 0 aliphatic rings. The van der Waals surface area contributed by atoms with Crippen LogP contribution in [-0.2, 0) is 0 Å². The number of halogens is 1. The molecular weight excluding hydrogens is 353 g/mol. The number of ether oxygens (including phenoxy) is 2. The number of hydrogen-bond acceptors (Lipinski definition) is 3. The lowest BCUT2D eigenvalue weighted by Crippen LogP contribution is -2.08. The standard InChI is InChI=1S/C15H16INO2/c1-10(17)15-13(18-2)4-3-5-14(15)19-12-8-6-11(16)7-9-12/h3-10H,17H2,1-2H3/t10-/m1/s1. The maximum absolute atomic E-state index is 6.01. The molecular formula is C15H16INO2. The van der Waals surface area contributed by atoms with Gasteiger partial charge in [0.25, 0.3) is 0 Å². The molecule has 0 amide bonds. The molecule has 0 aliphatic carbocycles. The summed E-state index contributed by atoms with van der Waals surface area (Å²) in [6.45, 7) is 1.92. The Hall–Kier alpha value is -1.27. The van der Waals surface area contributed by atoms with E-state index in [9.17, 15) is 0 Å². The fraction of sp³-hybridized carbons (Fsp3) is 0.200. The van der Waals surface area contributed by atoms with Crippen molar-refractivity contribution >= 4 is 22.6 Å². The second kappa shape index (κ2) is 6.25. The third kappa shape index (κ3) is 3.39. The van der Waals surface area contributed by atoms with Crippen molar-refractivity contribution in [1.82, 2.24) is 0 Å². The van der Waals surface area contributed by atoms with Crippen LogP contribution in [0, 0.1) is 3.57 Å². The third-order valence-corrected chi connectivity index (χ3v) is 3.46. The molecule has 0 aliphatic heterocycles. The SMILES string of the molecule is COc1cccc(Oc2ccc(I)cc2)c1[C@@H](C)N. The summed E-state index contributed by atoms with van der Waals surface area (Å²) in [5.41, 5.74) is 6.89. The van der Waals surface area contributed by atoms with Crippen LogP contribution in [0.4, 0.5) is 0 Å². The summed E-state index contributed by atoms with van der Waals surface area (Å²) in [6.07, 6.45) is 0. The first-order valence-electron chi connectivity index (χ1n) is 5.97. The van der Waals surface area contributed by atoms with Crippen LogP contribution in [0.3, 0.4) is 0 Å². The molecule has 0 heterocycles. The lowest BCUT2D eigenvalue weighted by molar-refractivity contribution is 0.397. The van der Waals surface area contributed by atoms with Crippen LogP contribution in [0.25, 0.3) is 0 Å². The Balaban J connectivity index is 2.36. The van der Waals surface area contributed by atoms with Gasteiger partial charge in [0.2, 0.25) is 0 Å². The van der Waals surface area contributed by atoms with Gasteiger partial charge in [0.1, 0.15) is 17.2 Å². The van der Waals surface area contributed by atoms with Gasteiger partial charge in [-0.15, -0.1) is 0 Å². The zero-order chi connectivity index (χ0) is 13.8.